The van der Waals surface area contributed by atoms with Crippen LogP contribution in [0.1, 0.15) is 71.1 Å². The Morgan fingerprint density at radius 3 is 1.79 bits per heavy atom. The molecule has 0 saturated carbocycles. The molecule has 0 rings (SSSR count). The molecule has 0 amide bonds. The van der Waals surface area contributed by atoms with Gasteiger partial charge in [-0.05, 0) is 44.9 Å². The molecule has 0 N–H and O–H groups in total. The smallest absolute Gasteiger partial charge is 0.305 e. The fourth-order valence-electron chi connectivity index (χ4n) is 1.81. The molecular formula is C17H30O2. The summed E-state index contributed by atoms with van der Waals surface area (Å²) in [7, 11) is 1.43. The molecule has 19 heavy (non-hydrogen) atoms. The molecule has 0 aliphatic carbocycles. The molecule has 0 aromatic heterocycles. The number of hydrogen-bond donors (Lipinski definition) is 0. The average Bonchev–Trinajstić information content (AvgIpc) is 2.43. The summed E-state index contributed by atoms with van der Waals surface area (Å²) in [6.07, 6.45) is 20.2. The Hall–Kier alpha value is -1.05. The van der Waals surface area contributed by atoms with E-state index in [4.69, 9.17) is 0 Å². The van der Waals surface area contributed by atoms with Crippen LogP contribution in [0.25, 0.3) is 0 Å². The van der Waals surface area contributed by atoms with Crippen molar-refractivity contribution >= 4 is 5.97 Å². The number of ether oxygens (including phenoxy) is 1. The maximum atomic E-state index is 10.8. The maximum absolute atomic E-state index is 10.8. The van der Waals surface area contributed by atoms with Crippen LogP contribution in [0.4, 0.5) is 0 Å². The van der Waals surface area contributed by atoms with Crippen molar-refractivity contribution in [2.24, 2.45) is 0 Å². The van der Waals surface area contributed by atoms with Gasteiger partial charge in [0.2, 0.25) is 0 Å². The number of carbonyl (C=O) groups is 1. The largest absolute Gasteiger partial charge is 0.469 e. The third-order valence-corrected chi connectivity index (χ3v) is 3.04. The third-order valence-electron chi connectivity index (χ3n) is 3.04. The lowest BCUT2D eigenvalue weighted by Crippen LogP contribution is -1.97. The summed E-state index contributed by atoms with van der Waals surface area (Å²) < 4.78 is 4.58. The second-order valence-corrected chi connectivity index (χ2v) is 4.84. The molecule has 0 radical (unpaired) electrons. The summed E-state index contributed by atoms with van der Waals surface area (Å²) in [5.74, 6) is -0.127. The molecule has 0 aliphatic heterocycles. The Morgan fingerprint density at radius 1 is 0.842 bits per heavy atom. The summed E-state index contributed by atoms with van der Waals surface area (Å²) in [5.41, 5.74) is 0. The lowest BCUT2D eigenvalue weighted by Gasteiger charge is -1.95. The van der Waals surface area contributed by atoms with Gasteiger partial charge in [-0.25, -0.2) is 0 Å². The van der Waals surface area contributed by atoms with E-state index in [-0.39, 0.29) is 5.97 Å². The number of carbonyl (C=O) groups excluding carboxylic acids is 1. The summed E-state index contributed by atoms with van der Waals surface area (Å²) in [5, 5.41) is 0. The summed E-state index contributed by atoms with van der Waals surface area (Å²) in [4.78, 5) is 10.8. The van der Waals surface area contributed by atoms with E-state index in [2.05, 4.69) is 36.0 Å². The quantitative estimate of drug-likeness (QED) is 0.276. The maximum Gasteiger partial charge on any atom is 0.305 e. The highest BCUT2D eigenvalue weighted by Gasteiger charge is 1.95. The van der Waals surface area contributed by atoms with Gasteiger partial charge in [-0.3, -0.25) is 4.79 Å². The zero-order valence-corrected chi connectivity index (χ0v) is 12.7. The van der Waals surface area contributed by atoms with Crippen molar-refractivity contribution in [1.82, 2.24) is 0 Å². The van der Waals surface area contributed by atoms with Gasteiger partial charge in [-0.15, -0.1) is 0 Å². The SMILES string of the molecule is CCCCC/C=C/CCCC/C=C/CCC(=O)OC. The van der Waals surface area contributed by atoms with Gasteiger partial charge in [0, 0.05) is 6.42 Å². The van der Waals surface area contributed by atoms with Crippen molar-refractivity contribution in [3.8, 4) is 0 Å². The van der Waals surface area contributed by atoms with Crippen LogP contribution in [0.3, 0.4) is 0 Å². The van der Waals surface area contributed by atoms with Crippen LogP contribution in [0.2, 0.25) is 0 Å². The fraction of sp³-hybridized carbons (Fsp3) is 0.706. The molecule has 0 aromatic carbocycles. The molecule has 0 aromatic rings. The number of allylic oxidation sites excluding steroid dienone is 4. The van der Waals surface area contributed by atoms with E-state index in [1.165, 1.54) is 52.1 Å². The Labute approximate surface area is 118 Å². The van der Waals surface area contributed by atoms with Crippen LogP contribution >= 0.6 is 0 Å². The van der Waals surface area contributed by atoms with E-state index in [1.54, 1.807) is 0 Å². The second kappa shape index (κ2) is 15.0. The molecule has 110 valence electrons. The molecule has 2 heteroatoms. The Balaban J connectivity index is 3.21. The first kappa shape index (κ1) is 17.9. The molecule has 0 unspecified atom stereocenters. The lowest BCUT2D eigenvalue weighted by molar-refractivity contribution is -0.140. The van der Waals surface area contributed by atoms with Crippen molar-refractivity contribution in [3.05, 3.63) is 24.3 Å². The van der Waals surface area contributed by atoms with Crippen LogP contribution in [0, 0.1) is 0 Å². The van der Waals surface area contributed by atoms with Gasteiger partial charge in [-0.1, -0.05) is 44.1 Å². The number of rotatable bonds is 12. The van der Waals surface area contributed by atoms with Gasteiger partial charge in [0.1, 0.15) is 0 Å². The van der Waals surface area contributed by atoms with E-state index >= 15 is 0 Å². The van der Waals surface area contributed by atoms with E-state index in [0.717, 1.165) is 12.8 Å². The molecule has 2 nitrogen and oxygen atoms in total. The van der Waals surface area contributed by atoms with Crippen molar-refractivity contribution in [3.63, 3.8) is 0 Å². The Bertz CT molecular complexity index is 254. The van der Waals surface area contributed by atoms with Crippen LogP contribution in [0.5, 0.6) is 0 Å². The number of hydrogen-bond acceptors (Lipinski definition) is 2. The first-order valence-corrected chi connectivity index (χ1v) is 7.68. The predicted molar refractivity (Wildman–Crippen MR) is 82.1 cm³/mol. The van der Waals surface area contributed by atoms with E-state index in [0.29, 0.717) is 6.42 Å². The molecular weight excluding hydrogens is 236 g/mol. The monoisotopic (exact) mass is 266 g/mol. The van der Waals surface area contributed by atoms with Gasteiger partial charge in [0.25, 0.3) is 0 Å². The van der Waals surface area contributed by atoms with E-state index < -0.39 is 0 Å². The molecule has 0 heterocycles. The number of methoxy groups -OCH3 is 1. The van der Waals surface area contributed by atoms with Gasteiger partial charge in [-0.2, -0.15) is 0 Å². The van der Waals surface area contributed by atoms with Crippen molar-refractivity contribution < 1.29 is 9.53 Å². The van der Waals surface area contributed by atoms with Crippen molar-refractivity contribution in [2.45, 2.75) is 71.1 Å². The highest BCUT2D eigenvalue weighted by molar-refractivity contribution is 5.69. The first-order valence-electron chi connectivity index (χ1n) is 7.68. The minimum absolute atomic E-state index is 0.127. The molecule has 0 aliphatic rings. The van der Waals surface area contributed by atoms with Crippen LogP contribution < -0.4 is 0 Å². The standard InChI is InChI=1S/C17H30O2/c1-3-4-5-6-7-8-9-10-11-12-13-14-15-16-17(18)19-2/h7-8,13-14H,3-6,9-12,15-16H2,1-2H3/b8-7+,14-13+. The molecule has 0 atom stereocenters. The lowest BCUT2D eigenvalue weighted by atomic mass is 10.1. The van der Waals surface area contributed by atoms with Crippen molar-refractivity contribution in [1.29, 1.82) is 0 Å². The summed E-state index contributed by atoms with van der Waals surface area (Å²) in [6, 6.07) is 0. The van der Waals surface area contributed by atoms with E-state index in [9.17, 15) is 4.79 Å². The van der Waals surface area contributed by atoms with Crippen LogP contribution in [0.15, 0.2) is 24.3 Å². The summed E-state index contributed by atoms with van der Waals surface area (Å²) >= 11 is 0. The van der Waals surface area contributed by atoms with Gasteiger partial charge in [0.15, 0.2) is 0 Å². The predicted octanol–water partition coefficient (Wildman–Crippen LogP) is 5.19. The number of unbranched alkanes of at least 4 members (excludes halogenated alkanes) is 6. The normalized spacial score (nSPS) is 11.5. The van der Waals surface area contributed by atoms with Gasteiger partial charge in [0.05, 0.1) is 7.11 Å². The Kier molecular flexibility index (Phi) is 14.2. The average molecular weight is 266 g/mol. The molecule has 0 spiro atoms. The van der Waals surface area contributed by atoms with E-state index in [1.807, 2.05) is 0 Å². The van der Waals surface area contributed by atoms with Gasteiger partial charge < -0.3 is 4.74 Å². The van der Waals surface area contributed by atoms with Crippen LogP contribution in [-0.4, -0.2) is 13.1 Å². The molecule has 0 saturated heterocycles. The minimum atomic E-state index is -0.127. The number of esters is 1. The van der Waals surface area contributed by atoms with Crippen molar-refractivity contribution in [2.75, 3.05) is 7.11 Å². The molecule has 0 fully saturated rings. The topological polar surface area (TPSA) is 26.3 Å². The van der Waals surface area contributed by atoms with Crippen LogP contribution in [-0.2, 0) is 9.53 Å². The highest BCUT2D eigenvalue weighted by Crippen LogP contribution is 2.05. The van der Waals surface area contributed by atoms with Gasteiger partial charge >= 0.3 is 5.97 Å². The second-order valence-electron chi connectivity index (χ2n) is 4.84. The molecule has 0 bridgehead atoms. The third kappa shape index (κ3) is 14.9. The zero-order chi connectivity index (χ0) is 14.2. The summed E-state index contributed by atoms with van der Waals surface area (Å²) in [6.45, 7) is 2.24. The highest BCUT2D eigenvalue weighted by atomic mass is 16.5. The Morgan fingerprint density at radius 2 is 1.32 bits per heavy atom. The zero-order valence-electron chi connectivity index (χ0n) is 12.7. The minimum Gasteiger partial charge on any atom is -0.469 e. The fourth-order valence-corrected chi connectivity index (χ4v) is 1.81. The first-order chi connectivity index (χ1) is 9.31.